The van der Waals surface area contributed by atoms with Gasteiger partial charge in [-0.25, -0.2) is 0 Å². The van der Waals surface area contributed by atoms with Gasteiger partial charge in [-0.1, -0.05) is 42.5 Å². The summed E-state index contributed by atoms with van der Waals surface area (Å²) < 4.78 is 0. The Morgan fingerprint density at radius 2 is 1.57 bits per heavy atom. The molecule has 0 aliphatic carbocycles. The van der Waals surface area contributed by atoms with Gasteiger partial charge in [-0.3, -0.25) is 4.79 Å². The van der Waals surface area contributed by atoms with E-state index in [0.717, 1.165) is 16.3 Å². The second-order valence-electron chi connectivity index (χ2n) is 5.16. The molecular formula is C16H19NO4. The molecule has 2 aromatic rings. The van der Waals surface area contributed by atoms with E-state index in [1.807, 2.05) is 42.5 Å². The van der Waals surface area contributed by atoms with Crippen LogP contribution in [0.15, 0.2) is 42.5 Å². The van der Waals surface area contributed by atoms with Crippen LogP contribution in [0.25, 0.3) is 10.8 Å². The Morgan fingerprint density at radius 1 is 0.952 bits per heavy atom. The maximum Gasteiger partial charge on any atom is 0.225 e. The molecular weight excluding hydrogens is 270 g/mol. The van der Waals surface area contributed by atoms with E-state index in [-0.39, 0.29) is 12.3 Å². The fraction of sp³-hybridized carbons (Fsp3) is 0.312. The van der Waals surface area contributed by atoms with Crippen LogP contribution in [-0.2, 0) is 11.2 Å². The van der Waals surface area contributed by atoms with Gasteiger partial charge in [0.1, 0.15) is 5.54 Å². The molecule has 4 N–H and O–H groups in total. The Hall–Kier alpha value is -1.95. The summed E-state index contributed by atoms with van der Waals surface area (Å²) in [6, 6.07) is 13.6. The molecule has 2 rings (SSSR count). The molecule has 21 heavy (non-hydrogen) atoms. The number of carbonyl (C=O) groups is 1. The first-order valence-corrected chi connectivity index (χ1v) is 6.74. The van der Waals surface area contributed by atoms with Gasteiger partial charge in [0.2, 0.25) is 5.91 Å². The van der Waals surface area contributed by atoms with Crippen molar-refractivity contribution in [2.75, 3.05) is 19.8 Å². The van der Waals surface area contributed by atoms with Crippen molar-refractivity contribution < 1.29 is 20.1 Å². The fourth-order valence-corrected chi connectivity index (χ4v) is 2.14. The Labute approximate surface area is 122 Å². The topological polar surface area (TPSA) is 89.8 Å². The second kappa shape index (κ2) is 6.67. The van der Waals surface area contributed by atoms with Gasteiger partial charge >= 0.3 is 0 Å². The number of fused-ring (bicyclic) bond motifs is 1. The standard InChI is InChI=1S/C16H19NO4/c18-9-16(10-19,11-20)17-15(21)8-12-5-6-13-3-1-2-4-14(13)7-12/h1-7,18-20H,8-11H2,(H,17,21). The smallest absolute Gasteiger partial charge is 0.225 e. The molecule has 0 heterocycles. The van der Waals surface area contributed by atoms with E-state index in [9.17, 15) is 20.1 Å². The van der Waals surface area contributed by atoms with Crippen LogP contribution in [0.1, 0.15) is 5.56 Å². The molecule has 0 saturated heterocycles. The molecule has 0 saturated carbocycles. The highest BCUT2D eigenvalue weighted by atomic mass is 16.3. The third-order valence-corrected chi connectivity index (χ3v) is 3.49. The maximum absolute atomic E-state index is 12.0. The number of amides is 1. The van der Waals surface area contributed by atoms with Gasteiger partial charge in [-0.05, 0) is 16.3 Å². The Kier molecular flexibility index (Phi) is 4.90. The molecule has 0 aliphatic rings. The minimum absolute atomic E-state index is 0.118. The van der Waals surface area contributed by atoms with Crippen molar-refractivity contribution in [2.24, 2.45) is 0 Å². The number of benzene rings is 2. The minimum Gasteiger partial charge on any atom is -0.394 e. The average Bonchev–Trinajstić information content (AvgIpc) is 2.52. The molecule has 0 fully saturated rings. The first kappa shape index (κ1) is 15.4. The SMILES string of the molecule is O=C(Cc1ccc2ccccc2c1)NC(CO)(CO)CO. The number of hydrogen-bond acceptors (Lipinski definition) is 4. The van der Waals surface area contributed by atoms with Gasteiger partial charge in [-0.15, -0.1) is 0 Å². The van der Waals surface area contributed by atoms with Crippen molar-refractivity contribution in [3.8, 4) is 0 Å². The van der Waals surface area contributed by atoms with Crippen LogP contribution in [0.2, 0.25) is 0 Å². The van der Waals surface area contributed by atoms with E-state index in [2.05, 4.69) is 5.32 Å². The number of rotatable bonds is 6. The van der Waals surface area contributed by atoms with Crippen LogP contribution in [0, 0.1) is 0 Å². The van der Waals surface area contributed by atoms with Crippen LogP contribution in [0.4, 0.5) is 0 Å². The largest absolute Gasteiger partial charge is 0.394 e. The van der Waals surface area contributed by atoms with Gasteiger partial charge < -0.3 is 20.6 Å². The van der Waals surface area contributed by atoms with Crippen LogP contribution in [0.5, 0.6) is 0 Å². The van der Waals surface area contributed by atoms with Crippen molar-refractivity contribution in [2.45, 2.75) is 12.0 Å². The van der Waals surface area contributed by atoms with Crippen LogP contribution < -0.4 is 5.32 Å². The van der Waals surface area contributed by atoms with E-state index < -0.39 is 25.4 Å². The van der Waals surface area contributed by atoms with E-state index in [1.54, 1.807) is 0 Å². The maximum atomic E-state index is 12.0. The van der Waals surface area contributed by atoms with Crippen LogP contribution in [0.3, 0.4) is 0 Å². The quantitative estimate of drug-likeness (QED) is 0.612. The van der Waals surface area contributed by atoms with Crippen molar-refractivity contribution in [1.29, 1.82) is 0 Å². The predicted molar refractivity (Wildman–Crippen MR) is 79.8 cm³/mol. The third-order valence-electron chi connectivity index (χ3n) is 3.49. The first-order valence-electron chi connectivity index (χ1n) is 6.74. The van der Waals surface area contributed by atoms with Crippen molar-refractivity contribution >= 4 is 16.7 Å². The predicted octanol–water partition coefficient (Wildman–Crippen LogP) is 0.214. The number of aliphatic hydroxyl groups is 3. The summed E-state index contributed by atoms with van der Waals surface area (Å²) in [6.07, 6.45) is 0.118. The lowest BCUT2D eigenvalue weighted by Gasteiger charge is -2.28. The summed E-state index contributed by atoms with van der Waals surface area (Å²) in [5.74, 6) is -0.359. The second-order valence-corrected chi connectivity index (χ2v) is 5.16. The Bertz CT molecular complexity index is 614. The lowest BCUT2D eigenvalue weighted by atomic mass is 10.0. The molecule has 5 nitrogen and oxygen atoms in total. The van der Waals surface area contributed by atoms with Gasteiger partial charge in [0.05, 0.1) is 26.2 Å². The van der Waals surface area contributed by atoms with Crippen LogP contribution >= 0.6 is 0 Å². The number of aliphatic hydroxyl groups excluding tert-OH is 3. The van der Waals surface area contributed by atoms with Crippen LogP contribution in [-0.4, -0.2) is 46.6 Å². The Balaban J connectivity index is 2.10. The summed E-state index contributed by atoms with van der Waals surface area (Å²) in [5, 5.41) is 32.2. The van der Waals surface area contributed by atoms with Gasteiger partial charge in [0.25, 0.3) is 0 Å². The molecule has 1 amide bonds. The number of hydrogen-bond donors (Lipinski definition) is 4. The summed E-state index contributed by atoms with van der Waals surface area (Å²) in [5.41, 5.74) is -0.553. The lowest BCUT2D eigenvalue weighted by molar-refractivity contribution is -0.124. The molecule has 0 radical (unpaired) electrons. The lowest BCUT2D eigenvalue weighted by Crippen LogP contribution is -2.57. The summed E-state index contributed by atoms with van der Waals surface area (Å²) in [6.45, 7) is -1.57. The van der Waals surface area contributed by atoms with Crippen molar-refractivity contribution in [3.05, 3.63) is 48.0 Å². The van der Waals surface area contributed by atoms with E-state index in [4.69, 9.17) is 0 Å². The van der Waals surface area contributed by atoms with Gasteiger partial charge in [0, 0.05) is 0 Å². The molecule has 0 bridgehead atoms. The average molecular weight is 289 g/mol. The van der Waals surface area contributed by atoms with Gasteiger partial charge in [-0.2, -0.15) is 0 Å². The zero-order chi connectivity index (χ0) is 15.3. The van der Waals surface area contributed by atoms with E-state index in [1.165, 1.54) is 0 Å². The highest BCUT2D eigenvalue weighted by molar-refractivity contribution is 5.85. The molecule has 112 valence electrons. The zero-order valence-electron chi connectivity index (χ0n) is 11.6. The fourth-order valence-electron chi connectivity index (χ4n) is 2.14. The van der Waals surface area contributed by atoms with Crippen molar-refractivity contribution in [3.63, 3.8) is 0 Å². The molecule has 0 spiro atoms. The summed E-state index contributed by atoms with van der Waals surface area (Å²) in [7, 11) is 0. The van der Waals surface area contributed by atoms with Gasteiger partial charge in [0.15, 0.2) is 0 Å². The molecule has 2 aromatic carbocycles. The first-order chi connectivity index (χ1) is 10.1. The molecule has 5 heteroatoms. The Morgan fingerprint density at radius 3 is 2.19 bits per heavy atom. The molecule has 0 aliphatic heterocycles. The van der Waals surface area contributed by atoms with Crippen molar-refractivity contribution in [1.82, 2.24) is 5.32 Å². The minimum atomic E-state index is -1.38. The highest BCUT2D eigenvalue weighted by Crippen LogP contribution is 2.16. The summed E-state index contributed by atoms with van der Waals surface area (Å²) >= 11 is 0. The molecule has 0 unspecified atom stereocenters. The van der Waals surface area contributed by atoms with E-state index in [0.29, 0.717) is 0 Å². The zero-order valence-corrected chi connectivity index (χ0v) is 11.6. The number of nitrogens with one attached hydrogen (secondary N) is 1. The molecule has 0 atom stereocenters. The monoisotopic (exact) mass is 289 g/mol. The normalized spacial score (nSPS) is 11.6. The molecule has 0 aromatic heterocycles. The summed E-state index contributed by atoms with van der Waals surface area (Å²) in [4.78, 5) is 12.0. The van der Waals surface area contributed by atoms with E-state index >= 15 is 0 Å². The number of carbonyl (C=O) groups excluding carboxylic acids is 1. The third kappa shape index (κ3) is 3.58. The highest BCUT2D eigenvalue weighted by Gasteiger charge is 2.29.